The third-order valence-electron chi connectivity index (χ3n) is 3.46. The summed E-state index contributed by atoms with van der Waals surface area (Å²) in [6.07, 6.45) is 0.536. The second-order valence-electron chi connectivity index (χ2n) is 5.85. The SMILES string of the molecule is COC(=O)C(CC(C)C)NC(=O)c1ccc(-c2ccc(Cl)cc2)s1. The lowest BCUT2D eigenvalue weighted by Gasteiger charge is -2.17. The molecule has 1 heterocycles. The maximum Gasteiger partial charge on any atom is 0.328 e. The van der Waals surface area contributed by atoms with Crippen LogP contribution in [0.5, 0.6) is 0 Å². The smallest absolute Gasteiger partial charge is 0.328 e. The van der Waals surface area contributed by atoms with Crippen molar-refractivity contribution in [3.63, 3.8) is 0 Å². The summed E-state index contributed by atoms with van der Waals surface area (Å²) in [5.74, 6) is -0.426. The second kappa shape index (κ2) is 8.31. The van der Waals surface area contributed by atoms with E-state index in [1.807, 2.05) is 44.2 Å². The van der Waals surface area contributed by atoms with Crippen LogP contribution in [0.25, 0.3) is 10.4 Å². The number of carbonyl (C=O) groups is 2. The molecule has 24 heavy (non-hydrogen) atoms. The highest BCUT2D eigenvalue weighted by Gasteiger charge is 2.23. The van der Waals surface area contributed by atoms with E-state index in [0.717, 1.165) is 10.4 Å². The van der Waals surface area contributed by atoms with Crippen LogP contribution in [0.3, 0.4) is 0 Å². The standard InChI is InChI=1S/C18H20ClNO3S/c1-11(2)10-14(18(22)23-3)20-17(21)16-9-8-15(24-16)12-4-6-13(19)7-5-12/h4-9,11,14H,10H2,1-3H3,(H,20,21). The molecular weight excluding hydrogens is 346 g/mol. The first-order chi connectivity index (χ1) is 11.4. The highest BCUT2D eigenvalue weighted by Crippen LogP contribution is 2.29. The van der Waals surface area contributed by atoms with E-state index in [4.69, 9.17) is 16.3 Å². The van der Waals surface area contributed by atoms with Crippen molar-refractivity contribution in [2.24, 2.45) is 5.92 Å². The number of thiophene rings is 1. The number of halogens is 1. The Kier molecular flexibility index (Phi) is 6.40. The number of methoxy groups -OCH3 is 1. The molecule has 0 saturated heterocycles. The zero-order valence-electron chi connectivity index (χ0n) is 13.8. The summed E-state index contributed by atoms with van der Waals surface area (Å²) < 4.78 is 4.77. The number of benzene rings is 1. The first-order valence-corrected chi connectivity index (χ1v) is 8.84. The fraction of sp³-hybridized carbons (Fsp3) is 0.333. The zero-order chi connectivity index (χ0) is 17.7. The lowest BCUT2D eigenvalue weighted by Crippen LogP contribution is -2.42. The molecule has 0 bridgehead atoms. The molecule has 1 atom stereocenters. The molecule has 1 aromatic heterocycles. The minimum Gasteiger partial charge on any atom is -0.467 e. The average molecular weight is 366 g/mol. The van der Waals surface area contributed by atoms with Crippen molar-refractivity contribution in [2.45, 2.75) is 26.3 Å². The number of esters is 1. The Morgan fingerprint density at radius 2 is 1.83 bits per heavy atom. The van der Waals surface area contributed by atoms with Crippen molar-refractivity contribution in [1.29, 1.82) is 0 Å². The number of amides is 1. The van der Waals surface area contributed by atoms with E-state index < -0.39 is 12.0 Å². The minimum atomic E-state index is -0.636. The summed E-state index contributed by atoms with van der Waals surface area (Å²) in [7, 11) is 1.32. The van der Waals surface area contributed by atoms with Crippen molar-refractivity contribution in [3.05, 3.63) is 46.3 Å². The van der Waals surface area contributed by atoms with Gasteiger partial charge in [0.2, 0.25) is 0 Å². The molecule has 2 rings (SSSR count). The third-order valence-corrected chi connectivity index (χ3v) is 4.84. The number of nitrogens with one attached hydrogen (secondary N) is 1. The fourth-order valence-electron chi connectivity index (χ4n) is 2.29. The Labute approximate surface area is 150 Å². The summed E-state index contributed by atoms with van der Waals surface area (Å²) in [6.45, 7) is 3.98. The van der Waals surface area contributed by atoms with Gasteiger partial charge >= 0.3 is 5.97 Å². The first kappa shape index (κ1) is 18.5. The van der Waals surface area contributed by atoms with E-state index in [1.165, 1.54) is 18.4 Å². The predicted molar refractivity (Wildman–Crippen MR) is 97.5 cm³/mol. The fourth-order valence-corrected chi connectivity index (χ4v) is 3.33. The highest BCUT2D eigenvalue weighted by atomic mass is 35.5. The van der Waals surface area contributed by atoms with Gasteiger partial charge in [-0.15, -0.1) is 11.3 Å². The van der Waals surface area contributed by atoms with E-state index in [9.17, 15) is 9.59 Å². The van der Waals surface area contributed by atoms with E-state index in [0.29, 0.717) is 16.3 Å². The molecule has 1 amide bonds. The van der Waals surface area contributed by atoms with Crippen molar-refractivity contribution < 1.29 is 14.3 Å². The molecule has 0 aliphatic heterocycles. The number of ether oxygens (including phenoxy) is 1. The van der Waals surface area contributed by atoms with Gasteiger partial charge < -0.3 is 10.1 Å². The average Bonchev–Trinajstić information content (AvgIpc) is 3.03. The summed E-state index contributed by atoms with van der Waals surface area (Å²) in [4.78, 5) is 25.8. The highest BCUT2D eigenvalue weighted by molar-refractivity contribution is 7.17. The third kappa shape index (κ3) is 4.82. The van der Waals surface area contributed by atoms with Gasteiger partial charge in [-0.25, -0.2) is 4.79 Å². The molecule has 0 radical (unpaired) electrons. The van der Waals surface area contributed by atoms with Gasteiger partial charge in [-0.3, -0.25) is 4.79 Å². The molecule has 0 saturated carbocycles. The Morgan fingerprint density at radius 3 is 2.42 bits per heavy atom. The molecule has 1 aromatic carbocycles. The molecule has 0 aliphatic rings. The Hall–Kier alpha value is -1.85. The van der Waals surface area contributed by atoms with Crippen LogP contribution in [0.4, 0.5) is 0 Å². The van der Waals surface area contributed by atoms with E-state index in [-0.39, 0.29) is 11.8 Å². The summed E-state index contributed by atoms with van der Waals surface area (Å²) in [5.41, 5.74) is 0.996. The van der Waals surface area contributed by atoms with Crippen molar-refractivity contribution >= 4 is 34.8 Å². The quantitative estimate of drug-likeness (QED) is 0.772. The molecule has 128 valence electrons. The molecule has 0 aliphatic carbocycles. The first-order valence-electron chi connectivity index (χ1n) is 7.65. The monoisotopic (exact) mass is 365 g/mol. The van der Waals surface area contributed by atoms with Crippen molar-refractivity contribution in [2.75, 3.05) is 7.11 Å². The van der Waals surface area contributed by atoms with Gasteiger partial charge in [0.25, 0.3) is 5.91 Å². The normalized spacial score (nSPS) is 12.0. The zero-order valence-corrected chi connectivity index (χ0v) is 15.4. The van der Waals surface area contributed by atoms with E-state index >= 15 is 0 Å². The molecule has 0 fully saturated rings. The van der Waals surface area contributed by atoms with E-state index in [2.05, 4.69) is 5.32 Å². The molecule has 4 nitrogen and oxygen atoms in total. The molecule has 1 unspecified atom stereocenters. The van der Waals surface area contributed by atoms with Crippen molar-refractivity contribution in [1.82, 2.24) is 5.32 Å². The lowest BCUT2D eigenvalue weighted by atomic mass is 10.0. The molecule has 1 N–H and O–H groups in total. The maximum atomic E-state index is 12.4. The Balaban J connectivity index is 2.12. The number of hydrogen-bond donors (Lipinski definition) is 1. The van der Waals surface area contributed by atoms with Crippen LogP contribution < -0.4 is 5.32 Å². The topological polar surface area (TPSA) is 55.4 Å². The summed E-state index contributed by atoms with van der Waals surface area (Å²) in [5, 5.41) is 3.43. The van der Waals surface area contributed by atoms with Gasteiger partial charge in [-0.05, 0) is 42.2 Å². The maximum absolute atomic E-state index is 12.4. The van der Waals surface area contributed by atoms with Gasteiger partial charge in [-0.2, -0.15) is 0 Å². The van der Waals surface area contributed by atoms with Crippen LogP contribution in [-0.4, -0.2) is 25.0 Å². The van der Waals surface area contributed by atoms with Gasteiger partial charge in [0.15, 0.2) is 0 Å². The second-order valence-corrected chi connectivity index (χ2v) is 7.37. The molecule has 2 aromatic rings. The van der Waals surface area contributed by atoms with E-state index in [1.54, 1.807) is 6.07 Å². The summed E-state index contributed by atoms with van der Waals surface area (Å²) >= 11 is 7.27. The minimum absolute atomic E-state index is 0.266. The van der Waals surface area contributed by atoms with Crippen LogP contribution >= 0.6 is 22.9 Å². The van der Waals surface area contributed by atoms with Gasteiger partial charge in [-0.1, -0.05) is 37.6 Å². The Morgan fingerprint density at radius 1 is 1.17 bits per heavy atom. The molecule has 0 spiro atoms. The van der Waals surface area contributed by atoms with Gasteiger partial charge in [0, 0.05) is 9.90 Å². The van der Waals surface area contributed by atoms with Crippen LogP contribution in [0.2, 0.25) is 5.02 Å². The number of hydrogen-bond acceptors (Lipinski definition) is 4. The van der Waals surface area contributed by atoms with Crippen molar-refractivity contribution in [3.8, 4) is 10.4 Å². The van der Waals surface area contributed by atoms with Crippen LogP contribution in [-0.2, 0) is 9.53 Å². The molecule has 6 heteroatoms. The lowest BCUT2D eigenvalue weighted by molar-refractivity contribution is -0.143. The van der Waals surface area contributed by atoms with Gasteiger partial charge in [0.05, 0.1) is 12.0 Å². The Bertz CT molecular complexity index is 709. The van der Waals surface area contributed by atoms with Crippen LogP contribution in [0.15, 0.2) is 36.4 Å². The predicted octanol–water partition coefficient (Wildman–Crippen LogP) is 4.39. The number of rotatable bonds is 6. The van der Waals surface area contributed by atoms with Crippen LogP contribution in [0.1, 0.15) is 29.9 Å². The largest absolute Gasteiger partial charge is 0.467 e. The van der Waals surface area contributed by atoms with Gasteiger partial charge in [0.1, 0.15) is 6.04 Å². The number of carbonyl (C=O) groups excluding carboxylic acids is 2. The van der Waals surface area contributed by atoms with Crippen LogP contribution in [0, 0.1) is 5.92 Å². The molecular formula is C18H20ClNO3S. The summed E-state index contributed by atoms with van der Waals surface area (Å²) in [6, 6.07) is 10.5.